The van der Waals surface area contributed by atoms with Gasteiger partial charge in [0.25, 0.3) is 0 Å². The minimum atomic E-state index is 0.774. The molecule has 74 valence electrons. The van der Waals surface area contributed by atoms with E-state index in [2.05, 4.69) is 24.4 Å². The van der Waals surface area contributed by atoms with E-state index in [0.29, 0.717) is 0 Å². The summed E-state index contributed by atoms with van der Waals surface area (Å²) in [6.45, 7) is 2.31. The first kappa shape index (κ1) is 9.26. The summed E-state index contributed by atoms with van der Waals surface area (Å²) >= 11 is 0. The number of hydrogen-bond acceptors (Lipinski definition) is 1. The molecule has 2 rings (SSSR count). The first-order valence-corrected chi connectivity index (χ1v) is 5.81. The lowest BCUT2D eigenvalue weighted by Gasteiger charge is -2.25. The second-order valence-electron chi connectivity index (χ2n) is 4.50. The largest absolute Gasteiger partial charge is 0.311 e. The number of hydrogen-bond donors (Lipinski definition) is 1. The zero-order valence-corrected chi connectivity index (χ0v) is 8.63. The molecule has 1 saturated carbocycles. The van der Waals surface area contributed by atoms with E-state index in [1.165, 1.54) is 38.5 Å². The van der Waals surface area contributed by atoms with E-state index in [1.54, 1.807) is 0 Å². The summed E-state index contributed by atoms with van der Waals surface area (Å²) in [5, 5.41) is 3.82. The van der Waals surface area contributed by atoms with Gasteiger partial charge in [0.2, 0.25) is 0 Å². The number of nitrogens with one attached hydrogen (secondary N) is 1. The van der Waals surface area contributed by atoms with Gasteiger partial charge in [-0.1, -0.05) is 19.1 Å². The monoisotopic (exact) mass is 179 g/mol. The van der Waals surface area contributed by atoms with E-state index in [1.807, 2.05) is 0 Å². The molecule has 1 nitrogen and oxygen atoms in total. The minimum Gasteiger partial charge on any atom is -0.311 e. The molecule has 0 radical (unpaired) electrons. The van der Waals surface area contributed by atoms with Crippen LogP contribution < -0.4 is 5.32 Å². The van der Waals surface area contributed by atoms with Gasteiger partial charge in [-0.2, -0.15) is 0 Å². The molecule has 1 heteroatoms. The lowest BCUT2D eigenvalue weighted by atomic mass is 9.99. The van der Waals surface area contributed by atoms with Gasteiger partial charge in [0, 0.05) is 12.1 Å². The van der Waals surface area contributed by atoms with Gasteiger partial charge < -0.3 is 5.32 Å². The molecule has 0 heterocycles. The summed E-state index contributed by atoms with van der Waals surface area (Å²) in [5.74, 6) is 1.01. The maximum Gasteiger partial charge on any atom is 0.0107 e. The molecule has 0 amide bonds. The Kier molecular flexibility index (Phi) is 3.05. The number of allylic oxidation sites excluding steroid dienone is 1. The van der Waals surface area contributed by atoms with Gasteiger partial charge in [-0.3, -0.25) is 0 Å². The quantitative estimate of drug-likeness (QED) is 0.654. The van der Waals surface area contributed by atoms with E-state index in [0.717, 1.165) is 18.0 Å². The van der Waals surface area contributed by atoms with Crippen LogP contribution in [0.2, 0.25) is 0 Å². The Labute approximate surface area is 81.6 Å². The van der Waals surface area contributed by atoms with Crippen LogP contribution in [0.1, 0.15) is 45.4 Å². The third kappa shape index (κ3) is 2.57. The van der Waals surface area contributed by atoms with Crippen LogP contribution in [-0.2, 0) is 0 Å². The van der Waals surface area contributed by atoms with Crippen molar-refractivity contribution in [2.24, 2.45) is 5.92 Å². The average Bonchev–Trinajstić information content (AvgIpc) is 2.99. The molecular formula is C12H21N. The first-order valence-electron chi connectivity index (χ1n) is 5.81. The first-order chi connectivity index (χ1) is 6.40. The Morgan fingerprint density at radius 1 is 1.31 bits per heavy atom. The maximum absolute atomic E-state index is 3.82. The molecule has 0 bridgehead atoms. The highest BCUT2D eigenvalue weighted by molar-refractivity contribution is 4.95. The van der Waals surface area contributed by atoms with E-state index in [4.69, 9.17) is 0 Å². The summed E-state index contributed by atoms with van der Waals surface area (Å²) in [6.07, 6.45) is 12.8. The van der Waals surface area contributed by atoms with E-state index in [9.17, 15) is 0 Å². The van der Waals surface area contributed by atoms with Crippen LogP contribution in [0, 0.1) is 5.92 Å². The van der Waals surface area contributed by atoms with Crippen molar-refractivity contribution in [3.8, 4) is 0 Å². The predicted molar refractivity (Wildman–Crippen MR) is 56.7 cm³/mol. The minimum absolute atomic E-state index is 0.774. The lowest BCUT2D eigenvalue weighted by molar-refractivity contribution is 0.367. The van der Waals surface area contributed by atoms with E-state index < -0.39 is 0 Å². The SMILES string of the molecule is CCC(NC1CC=CCC1)C1CC1. The molecule has 0 spiro atoms. The van der Waals surface area contributed by atoms with Crippen LogP contribution >= 0.6 is 0 Å². The zero-order valence-electron chi connectivity index (χ0n) is 8.63. The van der Waals surface area contributed by atoms with Gasteiger partial charge in [-0.25, -0.2) is 0 Å². The van der Waals surface area contributed by atoms with Crippen molar-refractivity contribution >= 4 is 0 Å². The van der Waals surface area contributed by atoms with Crippen LogP contribution in [-0.4, -0.2) is 12.1 Å². The molecule has 13 heavy (non-hydrogen) atoms. The molecule has 2 unspecified atom stereocenters. The Morgan fingerprint density at radius 3 is 2.69 bits per heavy atom. The Morgan fingerprint density at radius 2 is 2.15 bits per heavy atom. The van der Waals surface area contributed by atoms with Crippen molar-refractivity contribution in [3.05, 3.63) is 12.2 Å². The molecule has 1 fully saturated rings. The van der Waals surface area contributed by atoms with Crippen LogP contribution in [0.4, 0.5) is 0 Å². The molecule has 2 aliphatic carbocycles. The summed E-state index contributed by atoms with van der Waals surface area (Å²) in [7, 11) is 0. The predicted octanol–water partition coefficient (Wildman–Crippen LogP) is 2.87. The van der Waals surface area contributed by atoms with Crippen LogP contribution in [0.3, 0.4) is 0 Å². The number of rotatable bonds is 4. The molecule has 0 saturated heterocycles. The highest BCUT2D eigenvalue weighted by Gasteiger charge is 2.30. The van der Waals surface area contributed by atoms with Gasteiger partial charge in [-0.05, 0) is 44.4 Å². The van der Waals surface area contributed by atoms with Crippen molar-refractivity contribution in [3.63, 3.8) is 0 Å². The topological polar surface area (TPSA) is 12.0 Å². The smallest absolute Gasteiger partial charge is 0.0107 e. The normalized spacial score (nSPS) is 30.4. The van der Waals surface area contributed by atoms with Crippen molar-refractivity contribution in [2.75, 3.05) is 0 Å². The van der Waals surface area contributed by atoms with Crippen molar-refractivity contribution < 1.29 is 0 Å². The lowest BCUT2D eigenvalue weighted by Crippen LogP contribution is -2.39. The fourth-order valence-corrected chi connectivity index (χ4v) is 2.33. The van der Waals surface area contributed by atoms with Crippen LogP contribution in [0.25, 0.3) is 0 Å². The molecular weight excluding hydrogens is 158 g/mol. The Balaban J connectivity index is 1.77. The molecule has 2 aliphatic rings. The second kappa shape index (κ2) is 4.28. The van der Waals surface area contributed by atoms with Gasteiger partial charge in [0.15, 0.2) is 0 Å². The third-order valence-corrected chi connectivity index (χ3v) is 3.35. The Bertz CT molecular complexity index is 182. The summed E-state index contributed by atoms with van der Waals surface area (Å²) in [4.78, 5) is 0. The second-order valence-corrected chi connectivity index (χ2v) is 4.50. The van der Waals surface area contributed by atoms with Gasteiger partial charge in [0.05, 0.1) is 0 Å². The van der Waals surface area contributed by atoms with Gasteiger partial charge in [0.1, 0.15) is 0 Å². The van der Waals surface area contributed by atoms with Crippen molar-refractivity contribution in [1.29, 1.82) is 0 Å². The average molecular weight is 179 g/mol. The van der Waals surface area contributed by atoms with Crippen LogP contribution in [0.15, 0.2) is 12.2 Å². The van der Waals surface area contributed by atoms with Crippen LogP contribution in [0.5, 0.6) is 0 Å². The fourth-order valence-electron chi connectivity index (χ4n) is 2.33. The highest BCUT2D eigenvalue weighted by atomic mass is 15.0. The molecule has 2 atom stereocenters. The fraction of sp³-hybridized carbons (Fsp3) is 0.833. The van der Waals surface area contributed by atoms with E-state index >= 15 is 0 Å². The molecule has 1 N–H and O–H groups in total. The third-order valence-electron chi connectivity index (χ3n) is 3.35. The molecule has 0 aromatic carbocycles. The molecule has 0 aromatic heterocycles. The summed E-state index contributed by atoms with van der Waals surface area (Å²) in [5.41, 5.74) is 0. The maximum atomic E-state index is 3.82. The Hall–Kier alpha value is -0.300. The van der Waals surface area contributed by atoms with E-state index in [-0.39, 0.29) is 0 Å². The molecule has 0 aliphatic heterocycles. The zero-order chi connectivity index (χ0) is 9.10. The highest BCUT2D eigenvalue weighted by Crippen LogP contribution is 2.34. The summed E-state index contributed by atoms with van der Waals surface area (Å²) < 4.78 is 0. The van der Waals surface area contributed by atoms with Gasteiger partial charge in [-0.15, -0.1) is 0 Å². The summed E-state index contributed by atoms with van der Waals surface area (Å²) in [6, 6.07) is 1.59. The molecule has 0 aromatic rings. The van der Waals surface area contributed by atoms with Crippen molar-refractivity contribution in [1.82, 2.24) is 5.32 Å². The van der Waals surface area contributed by atoms with Crippen molar-refractivity contribution in [2.45, 2.75) is 57.5 Å². The van der Waals surface area contributed by atoms with Gasteiger partial charge >= 0.3 is 0 Å². The standard InChI is InChI=1S/C12H21N/c1-2-12(10-8-9-10)13-11-6-4-3-5-7-11/h3-4,10-13H,2,5-9H2,1H3.